The van der Waals surface area contributed by atoms with E-state index in [9.17, 15) is 9.59 Å². The summed E-state index contributed by atoms with van der Waals surface area (Å²) in [7, 11) is 2.86. The average Bonchev–Trinajstić information content (AvgIpc) is 2.66. The third-order valence-corrected chi connectivity index (χ3v) is 0.852. The van der Waals surface area contributed by atoms with Gasteiger partial charge in [0, 0.05) is 5.92 Å². The van der Waals surface area contributed by atoms with Gasteiger partial charge in [-0.1, -0.05) is 5.92 Å². The molecule has 1 amide bonds. The highest BCUT2D eigenvalue weighted by atomic mass is 16.9. The Morgan fingerprint density at radius 2 is 2.08 bits per heavy atom. The number of amides is 1. The number of esters is 1. The largest absolute Gasteiger partial charge is 0.467 e. The van der Waals surface area contributed by atoms with Crippen molar-refractivity contribution in [2.45, 2.75) is 6.92 Å². The third kappa shape index (κ3) is 5.11. The Balaban J connectivity index is 0.000000211. The van der Waals surface area contributed by atoms with Crippen molar-refractivity contribution in [3.63, 3.8) is 0 Å². The van der Waals surface area contributed by atoms with Gasteiger partial charge in [0.1, 0.15) is 0 Å². The van der Waals surface area contributed by atoms with Crippen LogP contribution < -0.4 is 0 Å². The summed E-state index contributed by atoms with van der Waals surface area (Å²) in [4.78, 5) is 23.7. The maximum atomic E-state index is 10.0. The predicted molar refractivity (Wildman–Crippen MR) is 39.7 cm³/mol. The molecule has 66 valence electrons. The van der Waals surface area contributed by atoms with Crippen molar-refractivity contribution in [3.8, 4) is 11.8 Å². The number of carbonyl (C=O) groups excluding carboxylic acids is 2. The molecule has 0 aliphatic carbocycles. The van der Waals surface area contributed by atoms with E-state index in [1.54, 1.807) is 14.0 Å². The van der Waals surface area contributed by atoms with E-state index < -0.39 is 5.97 Å². The Labute approximate surface area is 70.2 Å². The zero-order valence-corrected chi connectivity index (χ0v) is 7.08. The first-order chi connectivity index (χ1) is 5.61. The van der Waals surface area contributed by atoms with Crippen LogP contribution in [0, 0.1) is 11.8 Å². The Morgan fingerprint density at radius 3 is 2.17 bits per heavy atom. The van der Waals surface area contributed by atoms with Gasteiger partial charge in [0.25, 0.3) is 0 Å². The molecule has 1 heterocycles. The first-order valence-corrected chi connectivity index (χ1v) is 3.08. The van der Waals surface area contributed by atoms with Crippen LogP contribution in [0.4, 0.5) is 4.79 Å². The Kier molecular flexibility index (Phi) is 4.31. The minimum absolute atomic E-state index is 0.245. The zero-order chi connectivity index (χ0) is 9.56. The molecule has 12 heavy (non-hydrogen) atoms. The van der Waals surface area contributed by atoms with Gasteiger partial charge in [-0.2, -0.15) is 0 Å². The van der Waals surface area contributed by atoms with Gasteiger partial charge in [0.05, 0.1) is 14.2 Å². The molecule has 1 fully saturated rings. The highest BCUT2D eigenvalue weighted by Gasteiger charge is 2.28. The Morgan fingerprint density at radius 1 is 1.67 bits per heavy atom. The molecular formula is C7H9NO4. The molecule has 1 aliphatic rings. The maximum Gasteiger partial charge on any atom is 0.467 e. The lowest BCUT2D eigenvalue weighted by atomic mass is 10.6. The van der Waals surface area contributed by atoms with Gasteiger partial charge in [-0.25, -0.2) is 9.59 Å². The molecule has 0 bridgehead atoms. The smallest absolute Gasteiger partial charge is 0.459 e. The van der Waals surface area contributed by atoms with Gasteiger partial charge >= 0.3 is 12.1 Å². The fourth-order valence-electron chi connectivity index (χ4n) is 0.250. The van der Waals surface area contributed by atoms with E-state index in [-0.39, 0.29) is 6.09 Å². The van der Waals surface area contributed by atoms with Crippen LogP contribution in [0.1, 0.15) is 6.92 Å². The summed E-state index contributed by atoms with van der Waals surface area (Å²) in [6.45, 7) is 1.58. The normalized spacial score (nSPS) is 11.2. The second-order valence-corrected chi connectivity index (χ2v) is 1.72. The van der Waals surface area contributed by atoms with Crippen molar-refractivity contribution in [2.75, 3.05) is 14.2 Å². The second-order valence-electron chi connectivity index (χ2n) is 1.72. The molecule has 0 radical (unpaired) electrons. The van der Waals surface area contributed by atoms with Gasteiger partial charge in [-0.3, -0.25) is 0 Å². The minimum atomic E-state index is -0.484. The molecule has 0 atom stereocenters. The molecule has 1 rings (SSSR count). The summed E-state index contributed by atoms with van der Waals surface area (Å²) in [6.07, 6.45) is -0.245. The first kappa shape index (κ1) is 10.3. The third-order valence-electron chi connectivity index (χ3n) is 0.852. The monoisotopic (exact) mass is 171 g/mol. The number of carbonyl (C=O) groups is 2. The number of rotatable bonds is 0. The summed E-state index contributed by atoms with van der Waals surface area (Å²) in [5, 5.41) is 1.15. The lowest BCUT2D eigenvalue weighted by molar-refractivity contribution is -0.133. The van der Waals surface area contributed by atoms with Gasteiger partial charge in [0.2, 0.25) is 0 Å². The summed E-state index contributed by atoms with van der Waals surface area (Å²) in [6, 6.07) is 0. The molecule has 1 aliphatic heterocycles. The van der Waals surface area contributed by atoms with Crippen molar-refractivity contribution in [1.82, 2.24) is 5.06 Å². The number of hydroxylamine groups is 2. The standard InChI is InChI=1S/C5H6O2.C2H3NO2/c1-3-4-5(6)7-2;1-3-2(4)5-3/h1-2H3;1H3. The molecule has 0 spiro atoms. The number of ether oxygens (including phenoxy) is 1. The van der Waals surface area contributed by atoms with E-state index in [0.29, 0.717) is 0 Å². The second kappa shape index (κ2) is 5.02. The summed E-state index contributed by atoms with van der Waals surface area (Å²) < 4.78 is 4.18. The van der Waals surface area contributed by atoms with Crippen LogP contribution in [0.15, 0.2) is 0 Å². The van der Waals surface area contributed by atoms with Crippen molar-refractivity contribution < 1.29 is 19.2 Å². The number of hydrogen-bond acceptors (Lipinski definition) is 4. The quantitative estimate of drug-likeness (QED) is 0.225. The topological polar surface area (TPSA) is 58.9 Å². The Bertz CT molecular complexity index is 238. The van der Waals surface area contributed by atoms with Crippen LogP contribution in [-0.4, -0.2) is 31.3 Å². The van der Waals surface area contributed by atoms with Crippen LogP contribution in [0.3, 0.4) is 0 Å². The molecule has 1 saturated heterocycles. The molecule has 0 aromatic heterocycles. The van der Waals surface area contributed by atoms with E-state index >= 15 is 0 Å². The SMILES string of the molecule is CC#CC(=O)OC.CN1OC1=O. The average molecular weight is 171 g/mol. The number of methoxy groups -OCH3 is 1. The van der Waals surface area contributed by atoms with Crippen LogP contribution in [0.5, 0.6) is 0 Å². The fourth-order valence-corrected chi connectivity index (χ4v) is 0.250. The highest BCUT2D eigenvalue weighted by Crippen LogP contribution is 2.04. The zero-order valence-electron chi connectivity index (χ0n) is 7.08. The fraction of sp³-hybridized carbons (Fsp3) is 0.429. The van der Waals surface area contributed by atoms with Crippen LogP contribution >= 0.6 is 0 Å². The van der Waals surface area contributed by atoms with Gasteiger partial charge in [-0.05, 0) is 6.92 Å². The Hall–Kier alpha value is -1.70. The molecule has 0 aromatic carbocycles. The lowest BCUT2D eigenvalue weighted by Crippen LogP contribution is -1.93. The van der Waals surface area contributed by atoms with Crippen molar-refractivity contribution in [3.05, 3.63) is 0 Å². The minimum Gasteiger partial charge on any atom is -0.459 e. The number of nitrogens with zero attached hydrogens (tertiary/aromatic N) is 1. The van der Waals surface area contributed by atoms with Crippen molar-refractivity contribution in [1.29, 1.82) is 0 Å². The van der Waals surface area contributed by atoms with E-state index in [2.05, 4.69) is 21.4 Å². The van der Waals surface area contributed by atoms with E-state index in [1.807, 2.05) is 0 Å². The lowest BCUT2D eigenvalue weighted by Gasteiger charge is -1.81. The van der Waals surface area contributed by atoms with Crippen LogP contribution in [0.25, 0.3) is 0 Å². The van der Waals surface area contributed by atoms with Gasteiger partial charge in [0.15, 0.2) is 0 Å². The first-order valence-electron chi connectivity index (χ1n) is 3.08. The van der Waals surface area contributed by atoms with Crippen LogP contribution in [0.2, 0.25) is 0 Å². The van der Waals surface area contributed by atoms with Crippen molar-refractivity contribution in [2.24, 2.45) is 0 Å². The molecule has 0 unspecified atom stereocenters. The number of hydrogen-bond donors (Lipinski definition) is 0. The van der Waals surface area contributed by atoms with Gasteiger partial charge in [-0.15, -0.1) is 5.06 Å². The van der Waals surface area contributed by atoms with Crippen LogP contribution in [-0.2, 0) is 14.4 Å². The van der Waals surface area contributed by atoms with E-state index in [1.165, 1.54) is 7.11 Å². The summed E-state index contributed by atoms with van der Waals surface area (Å²) in [5.41, 5.74) is 0. The molecular weight excluding hydrogens is 162 g/mol. The highest BCUT2D eigenvalue weighted by molar-refractivity contribution is 5.88. The maximum absolute atomic E-state index is 10.0. The molecule has 5 nitrogen and oxygen atoms in total. The van der Waals surface area contributed by atoms with E-state index in [0.717, 1.165) is 5.06 Å². The molecule has 0 N–H and O–H groups in total. The summed E-state index contributed by atoms with van der Waals surface area (Å²) >= 11 is 0. The predicted octanol–water partition coefficient (Wildman–Crippen LogP) is 0.166. The van der Waals surface area contributed by atoms with E-state index in [4.69, 9.17) is 0 Å². The molecule has 0 aromatic rings. The van der Waals surface area contributed by atoms with Gasteiger partial charge < -0.3 is 9.57 Å². The molecule has 5 heteroatoms. The molecule has 0 saturated carbocycles. The van der Waals surface area contributed by atoms with Crippen molar-refractivity contribution >= 4 is 12.1 Å². The summed E-state index contributed by atoms with van der Waals surface area (Å²) in [5.74, 6) is 4.09.